The number of rotatable bonds is 8. The number of hydrogen-bond donors (Lipinski definition) is 1. The van der Waals surface area contributed by atoms with Gasteiger partial charge in [0.05, 0.1) is 16.5 Å². The molecule has 3 aromatic rings. The molecule has 1 saturated heterocycles. The van der Waals surface area contributed by atoms with Crippen LogP contribution in [0.1, 0.15) is 63.2 Å². The van der Waals surface area contributed by atoms with Crippen molar-refractivity contribution in [3.05, 3.63) is 75.5 Å². The van der Waals surface area contributed by atoms with E-state index < -0.39 is 38.9 Å². The van der Waals surface area contributed by atoms with Crippen LogP contribution < -0.4 is 0 Å². The van der Waals surface area contributed by atoms with Gasteiger partial charge >= 0.3 is 0 Å². The number of carbonyl (C=O) groups is 1. The van der Waals surface area contributed by atoms with Gasteiger partial charge in [-0.05, 0) is 62.6 Å². The smallest absolute Gasteiger partial charge is 0.253 e. The molecule has 1 N–H and O–H groups in total. The minimum absolute atomic E-state index is 0.0681. The van der Waals surface area contributed by atoms with Crippen LogP contribution in [0.5, 0.6) is 0 Å². The molecule has 0 spiro atoms. The van der Waals surface area contributed by atoms with Crippen molar-refractivity contribution in [2.75, 3.05) is 5.75 Å². The molecule has 4 unspecified atom stereocenters. The van der Waals surface area contributed by atoms with Gasteiger partial charge in [0.2, 0.25) is 0 Å². The number of nitrogens with one attached hydrogen (secondary N) is 1. The minimum atomic E-state index is -3.57. The van der Waals surface area contributed by atoms with Crippen molar-refractivity contribution in [1.29, 1.82) is 0 Å². The first-order valence-electron chi connectivity index (χ1n) is 12.3. The number of ether oxygens (including phenoxy) is 1. The summed E-state index contributed by atoms with van der Waals surface area (Å²) in [7, 11) is -3.57. The van der Waals surface area contributed by atoms with Gasteiger partial charge in [0.1, 0.15) is 12.2 Å². The number of morpholine rings is 1. The van der Waals surface area contributed by atoms with Crippen molar-refractivity contribution in [2.45, 2.75) is 69.6 Å². The van der Waals surface area contributed by atoms with Crippen LogP contribution in [0.3, 0.4) is 0 Å². The predicted molar refractivity (Wildman–Crippen MR) is 146 cm³/mol. The Balaban J connectivity index is 1.87. The maximum absolute atomic E-state index is 14.1. The molecule has 204 valence electrons. The molecular weight excluding hydrogens is 549 g/mol. The number of hydrogen-bond acceptors (Lipinski definition) is 7. The standard InChI is InChI=1S/C26H31Cl2N5O4S/c1-5-20(15-38(35,36)26(2,3)4)33-23(16-9-11-18(27)12-10-16)24(17-7-6-8-19(28)13-17)37-21(25(33)34)14-22-29-31-32-30-22/h6-13,20-21,23-24H,5,14-15H2,1-4H3,(H,29,30,31,32). The Morgan fingerprint density at radius 2 is 1.79 bits per heavy atom. The molecule has 0 aliphatic carbocycles. The summed E-state index contributed by atoms with van der Waals surface area (Å²) in [6.07, 6.45) is -1.14. The van der Waals surface area contributed by atoms with Crippen LogP contribution in [-0.4, -0.2) is 62.5 Å². The second-order valence-corrected chi connectivity index (χ2v) is 14.0. The van der Waals surface area contributed by atoms with Crippen molar-refractivity contribution < 1.29 is 17.9 Å². The molecule has 2 heterocycles. The molecule has 1 aliphatic heterocycles. The van der Waals surface area contributed by atoms with Gasteiger partial charge in [-0.1, -0.05) is 59.6 Å². The van der Waals surface area contributed by atoms with E-state index in [0.717, 1.165) is 11.1 Å². The Kier molecular flexibility index (Phi) is 8.46. The fourth-order valence-electron chi connectivity index (χ4n) is 4.57. The Hall–Kier alpha value is -2.53. The lowest BCUT2D eigenvalue weighted by molar-refractivity contribution is -0.178. The van der Waals surface area contributed by atoms with E-state index in [1.165, 1.54) is 0 Å². The van der Waals surface area contributed by atoms with E-state index in [1.807, 2.05) is 31.2 Å². The molecule has 12 heteroatoms. The van der Waals surface area contributed by atoms with E-state index in [1.54, 1.807) is 49.9 Å². The Bertz CT molecular complexity index is 1360. The normalized spacial score (nSPS) is 21.5. The second-order valence-electron chi connectivity index (χ2n) is 10.3. The first-order valence-corrected chi connectivity index (χ1v) is 14.7. The Morgan fingerprint density at radius 3 is 2.37 bits per heavy atom. The highest BCUT2D eigenvalue weighted by molar-refractivity contribution is 7.92. The summed E-state index contributed by atoms with van der Waals surface area (Å²) in [5.41, 5.74) is 1.51. The van der Waals surface area contributed by atoms with Crippen molar-refractivity contribution in [3.8, 4) is 0 Å². The zero-order valence-electron chi connectivity index (χ0n) is 21.6. The van der Waals surface area contributed by atoms with Crippen molar-refractivity contribution >= 4 is 38.9 Å². The third-order valence-electron chi connectivity index (χ3n) is 6.78. The summed E-state index contributed by atoms with van der Waals surface area (Å²) in [6, 6.07) is 13.1. The molecule has 9 nitrogen and oxygen atoms in total. The van der Waals surface area contributed by atoms with E-state index in [0.29, 0.717) is 22.3 Å². The maximum atomic E-state index is 14.1. The zero-order valence-corrected chi connectivity index (χ0v) is 24.0. The van der Waals surface area contributed by atoms with Gasteiger partial charge in [0, 0.05) is 22.5 Å². The van der Waals surface area contributed by atoms with E-state index in [2.05, 4.69) is 20.6 Å². The number of sulfone groups is 1. The number of aromatic nitrogens is 4. The number of amides is 1. The maximum Gasteiger partial charge on any atom is 0.253 e. The minimum Gasteiger partial charge on any atom is -0.357 e. The number of nitrogens with zero attached hydrogens (tertiary/aromatic N) is 4. The van der Waals surface area contributed by atoms with Gasteiger partial charge < -0.3 is 9.64 Å². The summed E-state index contributed by atoms with van der Waals surface area (Å²) < 4.78 is 32.2. The van der Waals surface area contributed by atoms with Crippen LogP contribution in [0.25, 0.3) is 0 Å². The van der Waals surface area contributed by atoms with Gasteiger partial charge in [-0.25, -0.2) is 8.42 Å². The van der Waals surface area contributed by atoms with Crippen LogP contribution in [0.15, 0.2) is 48.5 Å². The summed E-state index contributed by atoms with van der Waals surface area (Å²) in [6.45, 7) is 6.88. The molecule has 0 radical (unpaired) electrons. The van der Waals surface area contributed by atoms with Gasteiger partial charge in [-0.3, -0.25) is 4.79 Å². The molecule has 4 atom stereocenters. The summed E-state index contributed by atoms with van der Waals surface area (Å²) in [4.78, 5) is 15.8. The van der Waals surface area contributed by atoms with Crippen LogP contribution >= 0.6 is 23.2 Å². The molecule has 1 fully saturated rings. The number of carbonyl (C=O) groups excluding carboxylic acids is 1. The van der Waals surface area contributed by atoms with Gasteiger partial charge in [0.15, 0.2) is 15.7 Å². The lowest BCUT2D eigenvalue weighted by atomic mass is 9.89. The van der Waals surface area contributed by atoms with E-state index in [-0.39, 0.29) is 18.1 Å². The van der Waals surface area contributed by atoms with Gasteiger partial charge in [-0.2, -0.15) is 5.21 Å². The fraction of sp³-hybridized carbons (Fsp3) is 0.462. The third-order valence-corrected chi connectivity index (χ3v) is 9.96. The third kappa shape index (κ3) is 6.03. The molecular formula is C26H31Cl2N5O4S. The lowest BCUT2D eigenvalue weighted by Gasteiger charge is -2.48. The molecule has 0 saturated carbocycles. The highest BCUT2D eigenvalue weighted by Gasteiger charge is 2.48. The van der Waals surface area contributed by atoms with Crippen molar-refractivity contribution in [2.24, 2.45) is 0 Å². The second kappa shape index (κ2) is 11.3. The monoisotopic (exact) mass is 579 g/mol. The lowest BCUT2D eigenvalue weighted by Crippen LogP contribution is -2.57. The van der Waals surface area contributed by atoms with Gasteiger partial charge in [-0.15, -0.1) is 10.2 Å². The highest BCUT2D eigenvalue weighted by Crippen LogP contribution is 2.45. The molecule has 1 aromatic heterocycles. The molecule has 2 aromatic carbocycles. The summed E-state index contributed by atoms with van der Waals surface area (Å²) >= 11 is 12.5. The Morgan fingerprint density at radius 1 is 1.08 bits per heavy atom. The highest BCUT2D eigenvalue weighted by atomic mass is 35.5. The van der Waals surface area contributed by atoms with Crippen molar-refractivity contribution in [3.63, 3.8) is 0 Å². The summed E-state index contributed by atoms with van der Waals surface area (Å²) in [5, 5.41) is 15.0. The SMILES string of the molecule is CCC(CS(=O)(=O)C(C)(C)C)N1C(=O)C(Cc2nn[nH]n2)OC(c2cccc(Cl)c2)C1c1ccc(Cl)cc1. The average Bonchev–Trinajstić information content (AvgIpc) is 3.37. The Labute approximate surface area is 232 Å². The van der Waals surface area contributed by atoms with Crippen LogP contribution in [0.2, 0.25) is 10.0 Å². The largest absolute Gasteiger partial charge is 0.357 e. The quantitative estimate of drug-likeness (QED) is 0.409. The predicted octanol–water partition coefficient (Wildman–Crippen LogP) is 4.75. The number of halogens is 2. The number of benzene rings is 2. The fourth-order valence-corrected chi connectivity index (χ4v) is 6.30. The first-order chi connectivity index (χ1) is 17.9. The average molecular weight is 581 g/mol. The molecule has 1 aliphatic rings. The topological polar surface area (TPSA) is 118 Å². The van der Waals surface area contributed by atoms with Crippen LogP contribution in [0.4, 0.5) is 0 Å². The van der Waals surface area contributed by atoms with E-state index >= 15 is 0 Å². The van der Waals surface area contributed by atoms with Crippen LogP contribution in [0, 0.1) is 0 Å². The van der Waals surface area contributed by atoms with Crippen molar-refractivity contribution in [1.82, 2.24) is 25.5 Å². The van der Waals surface area contributed by atoms with Crippen LogP contribution in [-0.2, 0) is 25.8 Å². The number of H-pyrrole nitrogens is 1. The molecule has 0 bridgehead atoms. The van der Waals surface area contributed by atoms with Gasteiger partial charge in [0.25, 0.3) is 5.91 Å². The number of tetrazole rings is 1. The molecule has 1 amide bonds. The summed E-state index contributed by atoms with van der Waals surface area (Å²) in [5.74, 6) is -0.225. The molecule has 4 rings (SSSR count). The molecule has 38 heavy (non-hydrogen) atoms. The zero-order chi connectivity index (χ0) is 27.7. The first kappa shape index (κ1) is 28.5. The van der Waals surface area contributed by atoms with E-state index in [4.69, 9.17) is 27.9 Å². The van der Waals surface area contributed by atoms with E-state index in [9.17, 15) is 13.2 Å². The number of aromatic amines is 1.